The van der Waals surface area contributed by atoms with E-state index in [1.807, 2.05) is 19.1 Å². The Morgan fingerprint density at radius 2 is 2.11 bits per heavy atom. The fourth-order valence-corrected chi connectivity index (χ4v) is 3.16. The van der Waals surface area contributed by atoms with Gasteiger partial charge in [0.05, 0.1) is 18.8 Å². The van der Waals surface area contributed by atoms with Crippen LogP contribution in [0, 0.1) is 5.82 Å². The molecule has 1 heterocycles. The Hall–Kier alpha value is -2.66. The molecular weight excluding hydrogens is 343 g/mol. The van der Waals surface area contributed by atoms with Crippen LogP contribution in [0.4, 0.5) is 10.1 Å². The number of nitrogens with zero attached hydrogens (tertiary/aromatic N) is 1. The lowest BCUT2D eigenvalue weighted by molar-refractivity contribution is -0.117. The van der Waals surface area contributed by atoms with Gasteiger partial charge in [0.25, 0.3) is 0 Å². The van der Waals surface area contributed by atoms with Crippen LogP contribution in [-0.2, 0) is 9.53 Å². The normalized spacial score (nSPS) is 18.5. The molecule has 2 atom stereocenters. The second-order valence-corrected chi connectivity index (χ2v) is 6.81. The average molecular weight is 368 g/mol. The van der Waals surface area contributed by atoms with Gasteiger partial charge in [-0.2, -0.15) is 0 Å². The second-order valence-electron chi connectivity index (χ2n) is 6.81. The van der Waals surface area contributed by atoms with Gasteiger partial charge in [-0.25, -0.2) is 4.39 Å². The number of carbonyl (C=O) groups is 1. The third kappa shape index (κ3) is 5.17. The average Bonchev–Trinajstić information content (AvgIpc) is 2.67. The molecule has 27 heavy (non-hydrogen) atoms. The smallest absolute Gasteiger partial charge is 0.244 e. The van der Waals surface area contributed by atoms with Gasteiger partial charge in [0, 0.05) is 30.4 Å². The zero-order valence-electron chi connectivity index (χ0n) is 15.7. The number of benzene rings is 2. The number of rotatable bonds is 5. The lowest BCUT2D eigenvalue weighted by Crippen LogP contribution is -2.41. The molecule has 0 spiro atoms. The first-order valence-electron chi connectivity index (χ1n) is 9.22. The van der Waals surface area contributed by atoms with E-state index in [0.717, 1.165) is 30.9 Å². The molecule has 3 rings (SSSR count). The minimum atomic E-state index is -0.345. The van der Waals surface area contributed by atoms with Crippen molar-refractivity contribution in [2.45, 2.75) is 26.0 Å². The summed E-state index contributed by atoms with van der Waals surface area (Å²) in [5.74, 6) is -0.599. The van der Waals surface area contributed by atoms with E-state index in [1.165, 1.54) is 18.2 Å². The van der Waals surface area contributed by atoms with Gasteiger partial charge in [-0.15, -0.1) is 0 Å². The SMILES string of the molecule is CC1CN(c2cccc([C@@H](C)NC(=O)C=Cc3ccccc3F)c2)CCO1. The number of morpholine rings is 1. The number of hydrogen-bond donors (Lipinski definition) is 1. The summed E-state index contributed by atoms with van der Waals surface area (Å²) in [4.78, 5) is 14.5. The Morgan fingerprint density at radius 1 is 1.30 bits per heavy atom. The number of hydrogen-bond acceptors (Lipinski definition) is 3. The van der Waals surface area contributed by atoms with Crippen molar-refractivity contribution >= 4 is 17.7 Å². The molecule has 1 saturated heterocycles. The number of amides is 1. The van der Waals surface area contributed by atoms with Gasteiger partial charge in [-0.05, 0) is 43.7 Å². The Bertz CT molecular complexity index is 821. The number of halogens is 1. The van der Waals surface area contributed by atoms with E-state index >= 15 is 0 Å². The minimum Gasteiger partial charge on any atom is -0.375 e. The predicted molar refractivity (Wildman–Crippen MR) is 106 cm³/mol. The molecule has 1 aliphatic rings. The van der Waals surface area contributed by atoms with E-state index in [2.05, 4.69) is 29.3 Å². The van der Waals surface area contributed by atoms with Crippen LogP contribution in [-0.4, -0.2) is 31.7 Å². The van der Waals surface area contributed by atoms with Gasteiger partial charge in [0.2, 0.25) is 5.91 Å². The first-order valence-corrected chi connectivity index (χ1v) is 9.22. The highest BCUT2D eigenvalue weighted by molar-refractivity contribution is 5.92. The lowest BCUT2D eigenvalue weighted by atomic mass is 10.1. The summed E-state index contributed by atoms with van der Waals surface area (Å²) < 4.78 is 19.2. The van der Waals surface area contributed by atoms with Gasteiger partial charge in [-0.3, -0.25) is 4.79 Å². The first-order chi connectivity index (χ1) is 13.0. The number of anilines is 1. The monoisotopic (exact) mass is 368 g/mol. The second kappa shape index (κ2) is 8.82. The molecule has 5 heteroatoms. The van der Waals surface area contributed by atoms with Gasteiger partial charge in [0.1, 0.15) is 5.82 Å². The van der Waals surface area contributed by atoms with Crippen molar-refractivity contribution in [2.24, 2.45) is 0 Å². The van der Waals surface area contributed by atoms with E-state index in [9.17, 15) is 9.18 Å². The summed E-state index contributed by atoms with van der Waals surface area (Å²) in [6.45, 7) is 6.45. The topological polar surface area (TPSA) is 41.6 Å². The van der Waals surface area contributed by atoms with Crippen molar-refractivity contribution in [3.8, 4) is 0 Å². The molecule has 0 bridgehead atoms. The van der Waals surface area contributed by atoms with Crippen molar-refractivity contribution in [1.29, 1.82) is 0 Å². The molecule has 0 aromatic heterocycles. The Morgan fingerprint density at radius 3 is 2.89 bits per heavy atom. The maximum absolute atomic E-state index is 13.6. The van der Waals surface area contributed by atoms with E-state index in [4.69, 9.17) is 4.74 Å². The van der Waals surface area contributed by atoms with Crippen LogP contribution in [0.2, 0.25) is 0 Å². The Balaban J connectivity index is 1.63. The van der Waals surface area contributed by atoms with Crippen molar-refractivity contribution < 1.29 is 13.9 Å². The fraction of sp³-hybridized carbons (Fsp3) is 0.318. The zero-order chi connectivity index (χ0) is 19.2. The summed E-state index contributed by atoms with van der Waals surface area (Å²) in [6.07, 6.45) is 3.06. The van der Waals surface area contributed by atoms with Gasteiger partial charge >= 0.3 is 0 Å². The quantitative estimate of drug-likeness (QED) is 0.813. The van der Waals surface area contributed by atoms with Gasteiger partial charge in [-0.1, -0.05) is 30.3 Å². The largest absolute Gasteiger partial charge is 0.375 e. The maximum atomic E-state index is 13.6. The summed E-state index contributed by atoms with van der Waals surface area (Å²) in [5, 5.41) is 2.93. The highest BCUT2D eigenvalue weighted by atomic mass is 19.1. The summed E-state index contributed by atoms with van der Waals surface area (Å²) >= 11 is 0. The van der Waals surface area contributed by atoms with Crippen LogP contribution in [0.1, 0.15) is 31.0 Å². The molecule has 1 N–H and O–H groups in total. The molecule has 1 aliphatic heterocycles. The molecule has 0 aliphatic carbocycles. The van der Waals surface area contributed by atoms with Crippen LogP contribution in [0.5, 0.6) is 0 Å². The third-order valence-electron chi connectivity index (χ3n) is 4.65. The van der Waals surface area contributed by atoms with Crippen LogP contribution in [0.15, 0.2) is 54.6 Å². The Kier molecular flexibility index (Phi) is 6.24. The van der Waals surface area contributed by atoms with E-state index < -0.39 is 0 Å². The van der Waals surface area contributed by atoms with Crippen molar-refractivity contribution in [2.75, 3.05) is 24.6 Å². The minimum absolute atomic E-state index is 0.152. The van der Waals surface area contributed by atoms with Crippen LogP contribution in [0.25, 0.3) is 6.08 Å². The molecule has 2 aromatic rings. The number of nitrogens with one attached hydrogen (secondary N) is 1. The van der Waals surface area contributed by atoms with E-state index in [1.54, 1.807) is 18.2 Å². The maximum Gasteiger partial charge on any atom is 0.244 e. The molecule has 4 nitrogen and oxygen atoms in total. The van der Waals surface area contributed by atoms with Crippen molar-refractivity contribution in [3.05, 3.63) is 71.6 Å². The molecule has 142 valence electrons. The molecule has 2 aromatic carbocycles. The van der Waals surface area contributed by atoms with Crippen molar-refractivity contribution in [1.82, 2.24) is 5.32 Å². The van der Waals surface area contributed by atoms with Crippen molar-refractivity contribution in [3.63, 3.8) is 0 Å². The number of carbonyl (C=O) groups excluding carboxylic acids is 1. The predicted octanol–water partition coefficient (Wildman–Crippen LogP) is 3.94. The molecule has 1 fully saturated rings. The zero-order valence-corrected chi connectivity index (χ0v) is 15.7. The van der Waals surface area contributed by atoms with E-state index in [0.29, 0.717) is 5.56 Å². The fourth-order valence-electron chi connectivity index (χ4n) is 3.16. The standard InChI is InChI=1S/C22H25FN2O2/c1-16-15-25(12-13-27-16)20-8-5-7-19(14-20)17(2)24-22(26)11-10-18-6-3-4-9-21(18)23/h3-11,14,16-17H,12-13,15H2,1-2H3,(H,24,26)/t16?,17-/m1/s1. The first kappa shape index (κ1) is 19.1. The lowest BCUT2D eigenvalue weighted by Gasteiger charge is -2.33. The third-order valence-corrected chi connectivity index (χ3v) is 4.65. The van der Waals surface area contributed by atoms with Gasteiger partial charge in [0.15, 0.2) is 0 Å². The van der Waals surface area contributed by atoms with Crippen LogP contribution < -0.4 is 10.2 Å². The highest BCUT2D eigenvalue weighted by Crippen LogP contribution is 2.22. The molecule has 0 saturated carbocycles. The van der Waals surface area contributed by atoms with Gasteiger partial charge < -0.3 is 15.0 Å². The molecular formula is C22H25FN2O2. The van der Waals surface area contributed by atoms with E-state index in [-0.39, 0.29) is 23.9 Å². The Labute approximate surface area is 159 Å². The van der Waals surface area contributed by atoms with Crippen LogP contribution in [0.3, 0.4) is 0 Å². The van der Waals surface area contributed by atoms with Crippen LogP contribution >= 0.6 is 0 Å². The summed E-state index contributed by atoms with van der Waals surface area (Å²) in [7, 11) is 0. The summed E-state index contributed by atoms with van der Waals surface area (Å²) in [5.41, 5.74) is 2.55. The highest BCUT2D eigenvalue weighted by Gasteiger charge is 2.18. The molecule has 1 unspecified atom stereocenters. The number of ether oxygens (including phenoxy) is 1. The molecule has 0 radical (unpaired) electrons. The molecule has 1 amide bonds. The summed E-state index contributed by atoms with van der Waals surface area (Å²) in [6, 6.07) is 14.4.